The van der Waals surface area contributed by atoms with Crippen LogP contribution in [0.2, 0.25) is 0 Å². The number of carbonyl (C=O) groups is 1. The molecule has 1 saturated carbocycles. The van der Waals surface area contributed by atoms with Crippen LogP contribution in [0.1, 0.15) is 37.3 Å². The van der Waals surface area contributed by atoms with Crippen LogP contribution in [0.3, 0.4) is 0 Å². The molecule has 4 nitrogen and oxygen atoms in total. The Morgan fingerprint density at radius 3 is 2.86 bits per heavy atom. The summed E-state index contributed by atoms with van der Waals surface area (Å²) in [6.07, 6.45) is 6.24. The van der Waals surface area contributed by atoms with E-state index < -0.39 is 0 Å². The Morgan fingerprint density at radius 2 is 2.24 bits per heavy atom. The molecule has 3 rings (SSSR count). The topological polar surface area (TPSA) is 50.7 Å². The molecule has 1 aromatic rings. The maximum atomic E-state index is 12.0. The van der Waals surface area contributed by atoms with Crippen LogP contribution in [0.4, 0.5) is 0 Å². The van der Waals surface area contributed by atoms with Gasteiger partial charge < -0.3 is 10.1 Å². The second kappa shape index (κ2) is 5.72. The molecule has 0 bridgehead atoms. The average molecular weight is 284 g/mol. The van der Waals surface area contributed by atoms with Gasteiger partial charge >= 0.3 is 0 Å². The molecule has 110 valence electrons. The number of aliphatic imine (C=N–C) groups is 1. The van der Waals surface area contributed by atoms with Crippen LogP contribution in [0.5, 0.6) is 5.75 Å². The fourth-order valence-corrected chi connectivity index (χ4v) is 2.68. The molecular formula is C17H20N2O2. The van der Waals surface area contributed by atoms with Crippen molar-refractivity contribution in [3.8, 4) is 5.75 Å². The molecule has 0 radical (unpaired) electrons. The highest BCUT2D eigenvalue weighted by Gasteiger charge is 2.30. The Kier molecular flexibility index (Phi) is 3.78. The number of ether oxygens (including phenoxy) is 1. The number of amidine groups is 1. The number of hydrogen-bond acceptors (Lipinski definition) is 3. The van der Waals surface area contributed by atoms with Gasteiger partial charge in [0.15, 0.2) is 0 Å². The van der Waals surface area contributed by atoms with Crippen LogP contribution >= 0.6 is 0 Å². The summed E-state index contributed by atoms with van der Waals surface area (Å²) in [6, 6.07) is 5.94. The first-order chi connectivity index (χ1) is 10.2. The summed E-state index contributed by atoms with van der Waals surface area (Å²) in [5.74, 6) is 2.09. The van der Waals surface area contributed by atoms with Gasteiger partial charge in [0.1, 0.15) is 17.3 Å². The molecule has 0 atom stereocenters. The van der Waals surface area contributed by atoms with Crippen molar-refractivity contribution in [2.45, 2.75) is 32.6 Å². The Hall–Kier alpha value is -2.10. The average Bonchev–Trinajstić information content (AvgIpc) is 2.77. The molecule has 4 heteroatoms. The molecule has 0 aromatic heterocycles. The van der Waals surface area contributed by atoms with Gasteiger partial charge in [0.2, 0.25) is 0 Å². The van der Waals surface area contributed by atoms with Gasteiger partial charge in [0.05, 0.1) is 7.11 Å². The number of carbonyl (C=O) groups excluding carboxylic acids is 1. The lowest BCUT2D eigenvalue weighted by atomic mass is 9.84. The highest BCUT2D eigenvalue weighted by atomic mass is 16.5. The summed E-state index contributed by atoms with van der Waals surface area (Å²) in [6.45, 7) is 2.09. The van der Waals surface area contributed by atoms with E-state index >= 15 is 0 Å². The predicted octanol–water partition coefficient (Wildman–Crippen LogP) is 2.93. The summed E-state index contributed by atoms with van der Waals surface area (Å²) in [5, 5.41) is 2.90. The van der Waals surface area contributed by atoms with Crippen molar-refractivity contribution in [3.63, 3.8) is 0 Å². The number of nitrogens with one attached hydrogen (secondary N) is 1. The van der Waals surface area contributed by atoms with E-state index in [2.05, 4.69) is 23.3 Å². The van der Waals surface area contributed by atoms with Crippen LogP contribution in [0.25, 0.3) is 6.08 Å². The van der Waals surface area contributed by atoms with Crippen LogP contribution in [0.15, 0.2) is 28.9 Å². The number of rotatable bonds is 4. The molecule has 21 heavy (non-hydrogen) atoms. The van der Waals surface area contributed by atoms with E-state index in [-0.39, 0.29) is 5.91 Å². The minimum Gasteiger partial charge on any atom is -0.496 e. The van der Waals surface area contributed by atoms with Crippen molar-refractivity contribution in [3.05, 3.63) is 35.0 Å². The van der Waals surface area contributed by atoms with Gasteiger partial charge in [-0.1, -0.05) is 19.4 Å². The van der Waals surface area contributed by atoms with E-state index in [4.69, 9.17) is 4.74 Å². The molecule has 0 spiro atoms. The number of amides is 1. The van der Waals surface area contributed by atoms with Crippen molar-refractivity contribution < 1.29 is 9.53 Å². The van der Waals surface area contributed by atoms with Crippen molar-refractivity contribution in [1.29, 1.82) is 0 Å². The molecule has 1 fully saturated rings. The smallest absolute Gasteiger partial charge is 0.275 e. The van der Waals surface area contributed by atoms with Crippen molar-refractivity contribution in [2.75, 3.05) is 7.11 Å². The van der Waals surface area contributed by atoms with E-state index in [1.54, 1.807) is 7.11 Å². The second-order valence-electron chi connectivity index (χ2n) is 5.53. The van der Waals surface area contributed by atoms with Crippen LogP contribution < -0.4 is 10.1 Å². The third kappa shape index (κ3) is 2.71. The minimum atomic E-state index is -0.0919. The SMILES string of the molecule is CCc1cc(/C=C2/N=C(C3CCC3)NC2=O)ccc1OC. The van der Waals surface area contributed by atoms with E-state index in [0.29, 0.717) is 11.6 Å². The number of aryl methyl sites for hydroxylation is 1. The molecule has 1 aliphatic carbocycles. The van der Waals surface area contributed by atoms with E-state index in [1.807, 2.05) is 18.2 Å². The fraction of sp³-hybridized carbons (Fsp3) is 0.412. The maximum absolute atomic E-state index is 12.0. The van der Waals surface area contributed by atoms with Gasteiger partial charge in [0.25, 0.3) is 5.91 Å². The Balaban J connectivity index is 1.87. The lowest BCUT2D eigenvalue weighted by molar-refractivity contribution is -0.115. The zero-order chi connectivity index (χ0) is 14.8. The molecule has 1 heterocycles. The second-order valence-corrected chi connectivity index (χ2v) is 5.53. The van der Waals surface area contributed by atoms with Gasteiger partial charge in [-0.05, 0) is 48.6 Å². The molecule has 1 amide bonds. The number of hydrogen-bond donors (Lipinski definition) is 1. The van der Waals surface area contributed by atoms with E-state index in [1.165, 1.54) is 6.42 Å². The molecule has 1 N–H and O–H groups in total. The van der Waals surface area contributed by atoms with E-state index in [9.17, 15) is 4.79 Å². The standard InChI is InChI=1S/C17H20N2O2/c1-3-12-9-11(7-8-15(12)21-2)10-14-17(20)19-16(18-14)13-5-4-6-13/h7-10,13H,3-6H2,1-2H3,(H,18,19,20)/b14-10+. The minimum absolute atomic E-state index is 0.0919. The van der Waals surface area contributed by atoms with Crippen molar-refractivity contribution >= 4 is 17.8 Å². The number of benzene rings is 1. The normalized spacial score (nSPS) is 20.2. The maximum Gasteiger partial charge on any atom is 0.275 e. The van der Waals surface area contributed by atoms with Gasteiger partial charge in [-0.25, -0.2) is 4.99 Å². The largest absolute Gasteiger partial charge is 0.496 e. The summed E-state index contributed by atoms with van der Waals surface area (Å²) < 4.78 is 5.33. The molecule has 1 aliphatic heterocycles. The lowest BCUT2D eigenvalue weighted by Crippen LogP contribution is -2.33. The third-order valence-corrected chi connectivity index (χ3v) is 4.20. The van der Waals surface area contributed by atoms with Crippen LogP contribution in [-0.2, 0) is 11.2 Å². The zero-order valence-corrected chi connectivity index (χ0v) is 12.5. The first-order valence-corrected chi connectivity index (χ1v) is 7.49. The number of nitrogens with zero attached hydrogens (tertiary/aromatic N) is 1. The molecule has 2 aliphatic rings. The summed E-state index contributed by atoms with van der Waals surface area (Å²) in [7, 11) is 1.67. The Labute approximate surface area is 124 Å². The van der Waals surface area contributed by atoms with Crippen molar-refractivity contribution in [2.24, 2.45) is 10.9 Å². The third-order valence-electron chi connectivity index (χ3n) is 4.20. The monoisotopic (exact) mass is 284 g/mol. The Bertz CT molecular complexity index is 628. The fourth-order valence-electron chi connectivity index (χ4n) is 2.68. The molecule has 1 aromatic carbocycles. The van der Waals surface area contributed by atoms with Crippen LogP contribution in [-0.4, -0.2) is 18.9 Å². The lowest BCUT2D eigenvalue weighted by Gasteiger charge is -2.24. The molecule has 0 unspecified atom stereocenters. The van der Waals surface area contributed by atoms with Gasteiger partial charge in [-0.15, -0.1) is 0 Å². The highest BCUT2D eigenvalue weighted by molar-refractivity contribution is 6.15. The predicted molar refractivity (Wildman–Crippen MR) is 83.3 cm³/mol. The molecular weight excluding hydrogens is 264 g/mol. The first-order valence-electron chi connectivity index (χ1n) is 7.49. The first kappa shape index (κ1) is 13.9. The van der Waals surface area contributed by atoms with E-state index in [0.717, 1.165) is 42.0 Å². The Morgan fingerprint density at radius 1 is 1.43 bits per heavy atom. The number of methoxy groups -OCH3 is 1. The summed E-state index contributed by atoms with van der Waals surface area (Å²) in [4.78, 5) is 16.5. The quantitative estimate of drug-likeness (QED) is 0.864. The highest BCUT2D eigenvalue weighted by Crippen LogP contribution is 2.30. The van der Waals surface area contributed by atoms with Crippen molar-refractivity contribution in [1.82, 2.24) is 5.32 Å². The summed E-state index contributed by atoms with van der Waals surface area (Å²) in [5.41, 5.74) is 2.62. The summed E-state index contributed by atoms with van der Waals surface area (Å²) >= 11 is 0. The molecule has 0 saturated heterocycles. The zero-order valence-electron chi connectivity index (χ0n) is 12.5. The van der Waals surface area contributed by atoms with Gasteiger partial charge in [-0.3, -0.25) is 4.79 Å². The van der Waals surface area contributed by atoms with Crippen LogP contribution in [0, 0.1) is 5.92 Å². The van der Waals surface area contributed by atoms with Gasteiger partial charge in [-0.2, -0.15) is 0 Å². The van der Waals surface area contributed by atoms with Gasteiger partial charge in [0, 0.05) is 5.92 Å².